The number of aromatic nitrogens is 2. The Morgan fingerprint density at radius 1 is 1.58 bits per heavy atom. The van der Waals surface area contributed by atoms with E-state index in [4.69, 9.17) is 0 Å². The highest BCUT2D eigenvalue weighted by molar-refractivity contribution is 5.80. The summed E-state index contributed by atoms with van der Waals surface area (Å²) in [5, 5.41) is 17.4. The van der Waals surface area contributed by atoms with Crippen LogP contribution in [0.25, 0.3) is 0 Å². The minimum absolute atomic E-state index is 0.155. The van der Waals surface area contributed by atoms with Gasteiger partial charge in [-0.1, -0.05) is 20.8 Å². The summed E-state index contributed by atoms with van der Waals surface area (Å²) < 4.78 is 1.42. The Morgan fingerprint density at radius 3 is 2.63 bits per heavy atom. The minimum atomic E-state index is -0.553. The average Bonchev–Trinajstić information content (AvgIpc) is 2.70. The van der Waals surface area contributed by atoms with Crippen LogP contribution in [0.15, 0.2) is 6.07 Å². The smallest absolute Gasteiger partial charge is 0.358 e. The Hall–Kier alpha value is -1.92. The lowest BCUT2D eigenvalue weighted by atomic mass is 10.2. The van der Waals surface area contributed by atoms with Crippen molar-refractivity contribution >= 4 is 11.7 Å². The van der Waals surface area contributed by atoms with Gasteiger partial charge in [-0.3, -0.25) is 4.79 Å². The fourth-order valence-corrected chi connectivity index (χ4v) is 1.77. The van der Waals surface area contributed by atoms with Gasteiger partial charge in [0.05, 0.1) is 16.9 Å². The second kappa shape index (κ2) is 6.31. The molecule has 0 aliphatic heterocycles. The molecule has 1 atom stereocenters. The number of nitrogens with zero attached hydrogens (tertiary/aromatic N) is 3. The van der Waals surface area contributed by atoms with Gasteiger partial charge in [0.25, 0.3) is 0 Å². The van der Waals surface area contributed by atoms with E-state index in [1.165, 1.54) is 10.7 Å². The van der Waals surface area contributed by atoms with E-state index in [1.807, 2.05) is 20.8 Å². The van der Waals surface area contributed by atoms with Crippen molar-refractivity contribution in [2.45, 2.75) is 40.2 Å². The van der Waals surface area contributed by atoms with Crippen LogP contribution in [0, 0.1) is 23.0 Å². The molecular formula is C12H20N4O3. The monoisotopic (exact) mass is 268 g/mol. The zero-order valence-corrected chi connectivity index (χ0v) is 11.7. The first-order valence-corrected chi connectivity index (χ1v) is 6.35. The Bertz CT molecular complexity index is 468. The lowest BCUT2D eigenvalue weighted by Crippen LogP contribution is -2.35. The lowest BCUT2D eigenvalue weighted by molar-refractivity contribution is -0.389. The van der Waals surface area contributed by atoms with Crippen molar-refractivity contribution < 1.29 is 9.72 Å². The molecule has 1 N–H and O–H groups in total. The van der Waals surface area contributed by atoms with Gasteiger partial charge >= 0.3 is 5.82 Å². The van der Waals surface area contributed by atoms with Crippen LogP contribution in [-0.2, 0) is 4.79 Å². The number of amides is 1. The Morgan fingerprint density at radius 2 is 2.21 bits per heavy atom. The molecule has 0 fully saturated rings. The summed E-state index contributed by atoms with van der Waals surface area (Å²) >= 11 is 0. The van der Waals surface area contributed by atoms with Gasteiger partial charge in [-0.2, -0.15) is 4.68 Å². The lowest BCUT2D eigenvalue weighted by Gasteiger charge is -2.15. The van der Waals surface area contributed by atoms with Gasteiger partial charge in [-0.15, -0.1) is 0 Å². The van der Waals surface area contributed by atoms with E-state index in [0.717, 1.165) is 0 Å². The van der Waals surface area contributed by atoms with Gasteiger partial charge in [0, 0.05) is 6.54 Å². The minimum Gasteiger partial charge on any atom is -0.358 e. The van der Waals surface area contributed by atoms with E-state index in [-0.39, 0.29) is 11.7 Å². The molecule has 1 unspecified atom stereocenters. The molecule has 106 valence electrons. The molecule has 1 heterocycles. The SMILES string of the molecule is CCC(C(=O)NCC(C)C)n1nc([N+](=O)[O-])cc1C. The van der Waals surface area contributed by atoms with Gasteiger partial charge in [0.1, 0.15) is 0 Å². The Labute approximate surface area is 112 Å². The van der Waals surface area contributed by atoms with Crippen LogP contribution in [0.1, 0.15) is 38.9 Å². The second-order valence-electron chi connectivity index (χ2n) is 4.91. The quantitative estimate of drug-likeness (QED) is 0.629. The average molecular weight is 268 g/mol. The topological polar surface area (TPSA) is 90.1 Å². The molecule has 0 radical (unpaired) electrons. The third-order valence-corrected chi connectivity index (χ3v) is 2.77. The van der Waals surface area contributed by atoms with E-state index < -0.39 is 11.0 Å². The molecule has 1 rings (SSSR count). The molecule has 0 saturated heterocycles. The summed E-state index contributed by atoms with van der Waals surface area (Å²) in [5.74, 6) is -0.0283. The fraction of sp³-hybridized carbons (Fsp3) is 0.667. The number of carbonyl (C=O) groups excluding carboxylic acids is 1. The number of nitro groups is 1. The van der Waals surface area contributed by atoms with E-state index in [0.29, 0.717) is 24.6 Å². The number of carbonyl (C=O) groups is 1. The largest absolute Gasteiger partial charge is 0.390 e. The zero-order chi connectivity index (χ0) is 14.6. The first-order valence-electron chi connectivity index (χ1n) is 6.35. The molecule has 0 spiro atoms. The summed E-state index contributed by atoms with van der Waals surface area (Å²) in [6.07, 6.45) is 0.531. The van der Waals surface area contributed by atoms with Crippen LogP contribution in [0.4, 0.5) is 5.82 Å². The molecular weight excluding hydrogens is 248 g/mol. The molecule has 1 amide bonds. The molecule has 0 aliphatic rings. The van der Waals surface area contributed by atoms with Crippen molar-refractivity contribution in [1.29, 1.82) is 0 Å². The summed E-state index contributed by atoms with van der Waals surface area (Å²) in [5.41, 5.74) is 0.609. The number of hydrogen-bond acceptors (Lipinski definition) is 4. The maximum absolute atomic E-state index is 12.1. The Kier molecular flexibility index (Phi) is 5.02. The van der Waals surface area contributed by atoms with E-state index >= 15 is 0 Å². The number of rotatable bonds is 6. The maximum atomic E-state index is 12.1. The standard InChI is InChI=1S/C12H20N4O3/c1-5-10(12(17)13-7-8(2)3)15-9(4)6-11(14-15)16(18)19/h6,8,10H,5,7H2,1-4H3,(H,13,17). The first kappa shape index (κ1) is 15.1. The van der Waals surface area contributed by atoms with Gasteiger partial charge in [-0.25, -0.2) is 0 Å². The van der Waals surface area contributed by atoms with E-state index in [1.54, 1.807) is 6.92 Å². The number of aryl methyl sites for hydroxylation is 1. The van der Waals surface area contributed by atoms with E-state index in [2.05, 4.69) is 10.4 Å². The summed E-state index contributed by atoms with van der Waals surface area (Å²) in [7, 11) is 0. The maximum Gasteiger partial charge on any atom is 0.390 e. The van der Waals surface area contributed by atoms with Crippen molar-refractivity contribution in [3.63, 3.8) is 0 Å². The second-order valence-corrected chi connectivity index (χ2v) is 4.91. The summed E-state index contributed by atoms with van der Waals surface area (Å²) in [6.45, 7) is 8.15. The van der Waals surface area contributed by atoms with Gasteiger partial charge < -0.3 is 15.4 Å². The molecule has 7 heteroatoms. The van der Waals surface area contributed by atoms with Crippen molar-refractivity contribution in [2.75, 3.05) is 6.54 Å². The highest BCUT2D eigenvalue weighted by atomic mass is 16.6. The number of hydrogen-bond donors (Lipinski definition) is 1. The summed E-state index contributed by atoms with van der Waals surface area (Å²) in [6, 6.07) is 0.866. The van der Waals surface area contributed by atoms with Crippen molar-refractivity contribution in [3.8, 4) is 0 Å². The molecule has 19 heavy (non-hydrogen) atoms. The molecule has 0 aliphatic carbocycles. The van der Waals surface area contributed by atoms with Crippen LogP contribution in [0.3, 0.4) is 0 Å². The van der Waals surface area contributed by atoms with Crippen molar-refractivity contribution in [3.05, 3.63) is 21.9 Å². The van der Waals surface area contributed by atoms with Gasteiger partial charge in [0.2, 0.25) is 5.91 Å². The van der Waals surface area contributed by atoms with Crippen LogP contribution < -0.4 is 5.32 Å². The van der Waals surface area contributed by atoms with Gasteiger partial charge in [0.15, 0.2) is 6.04 Å². The van der Waals surface area contributed by atoms with Crippen LogP contribution in [0.5, 0.6) is 0 Å². The van der Waals surface area contributed by atoms with Crippen LogP contribution >= 0.6 is 0 Å². The number of nitrogens with one attached hydrogen (secondary N) is 1. The molecule has 7 nitrogen and oxygen atoms in total. The van der Waals surface area contributed by atoms with Crippen molar-refractivity contribution in [2.24, 2.45) is 5.92 Å². The van der Waals surface area contributed by atoms with Crippen molar-refractivity contribution in [1.82, 2.24) is 15.1 Å². The fourth-order valence-electron chi connectivity index (χ4n) is 1.77. The molecule has 1 aromatic rings. The Balaban J connectivity index is 2.90. The zero-order valence-electron chi connectivity index (χ0n) is 11.7. The predicted octanol–water partition coefficient (Wildman–Crippen LogP) is 1.82. The highest BCUT2D eigenvalue weighted by Gasteiger charge is 2.26. The molecule has 0 saturated carbocycles. The third kappa shape index (κ3) is 3.77. The van der Waals surface area contributed by atoms with E-state index in [9.17, 15) is 14.9 Å². The predicted molar refractivity (Wildman–Crippen MR) is 70.8 cm³/mol. The normalized spacial score (nSPS) is 12.5. The first-order chi connectivity index (χ1) is 8.86. The van der Waals surface area contributed by atoms with Crippen LogP contribution in [-0.4, -0.2) is 27.2 Å². The van der Waals surface area contributed by atoms with Gasteiger partial charge in [-0.05, 0) is 24.2 Å². The molecule has 1 aromatic heterocycles. The molecule has 0 aromatic carbocycles. The third-order valence-electron chi connectivity index (χ3n) is 2.77. The summed E-state index contributed by atoms with van der Waals surface area (Å²) in [4.78, 5) is 22.2. The highest BCUT2D eigenvalue weighted by Crippen LogP contribution is 2.18. The van der Waals surface area contributed by atoms with Crippen LogP contribution in [0.2, 0.25) is 0 Å². The molecule has 0 bridgehead atoms.